The predicted molar refractivity (Wildman–Crippen MR) is 134 cm³/mol. The van der Waals surface area contributed by atoms with E-state index in [4.69, 9.17) is 9.47 Å². The Balaban J connectivity index is 1.74. The molecular weight excluding hydrogens is 444 g/mol. The Labute approximate surface area is 206 Å². The molecule has 186 valence electrons. The number of methoxy groups -OCH3 is 1. The number of hydrogen-bond acceptors (Lipinski definition) is 6. The molecule has 0 unspecified atom stereocenters. The fourth-order valence-electron chi connectivity index (χ4n) is 4.60. The Bertz CT molecular complexity index is 1090. The van der Waals surface area contributed by atoms with Crippen molar-refractivity contribution in [1.82, 2.24) is 9.80 Å². The smallest absolute Gasteiger partial charge is 0.295 e. The fraction of sp³-hybridized carbons (Fsp3) is 0.429. The quantitative estimate of drug-likeness (QED) is 0.387. The lowest BCUT2D eigenvalue weighted by Crippen LogP contribution is -2.42. The molecule has 4 rings (SSSR count). The molecule has 1 atom stereocenters. The highest BCUT2D eigenvalue weighted by molar-refractivity contribution is 6.46. The zero-order chi connectivity index (χ0) is 25.2. The average molecular weight is 479 g/mol. The molecule has 2 fully saturated rings. The van der Waals surface area contributed by atoms with Crippen LogP contribution in [-0.4, -0.2) is 73.1 Å². The third kappa shape index (κ3) is 5.26. The number of carbonyl (C=O) groups is 2. The van der Waals surface area contributed by atoms with Crippen LogP contribution in [0.2, 0.25) is 0 Å². The van der Waals surface area contributed by atoms with E-state index in [0.29, 0.717) is 37.6 Å². The first kappa shape index (κ1) is 24.9. The van der Waals surface area contributed by atoms with E-state index < -0.39 is 17.7 Å². The van der Waals surface area contributed by atoms with E-state index in [1.807, 2.05) is 24.3 Å². The lowest BCUT2D eigenvalue weighted by Gasteiger charge is -2.31. The molecule has 2 saturated heterocycles. The molecule has 0 radical (unpaired) electrons. The molecule has 0 aromatic heterocycles. The second-order valence-corrected chi connectivity index (χ2v) is 10.0. The molecule has 2 aliphatic rings. The van der Waals surface area contributed by atoms with Crippen LogP contribution in [0.1, 0.15) is 43.5 Å². The number of rotatable bonds is 6. The number of likely N-dealkylation sites (tertiary alicyclic amines) is 1. The van der Waals surface area contributed by atoms with Crippen molar-refractivity contribution < 1.29 is 24.2 Å². The third-order valence-corrected chi connectivity index (χ3v) is 6.76. The Morgan fingerprint density at radius 3 is 2.20 bits per heavy atom. The molecule has 0 saturated carbocycles. The number of morpholine rings is 1. The monoisotopic (exact) mass is 478 g/mol. The van der Waals surface area contributed by atoms with Crippen molar-refractivity contribution in [2.24, 2.45) is 0 Å². The highest BCUT2D eigenvalue weighted by atomic mass is 16.5. The maximum atomic E-state index is 13.2. The second kappa shape index (κ2) is 10.2. The van der Waals surface area contributed by atoms with Crippen molar-refractivity contribution in [3.63, 3.8) is 0 Å². The van der Waals surface area contributed by atoms with Gasteiger partial charge in [0.25, 0.3) is 11.7 Å². The van der Waals surface area contributed by atoms with E-state index in [9.17, 15) is 14.7 Å². The van der Waals surface area contributed by atoms with Crippen LogP contribution in [0.15, 0.2) is 54.1 Å². The molecule has 2 heterocycles. The summed E-state index contributed by atoms with van der Waals surface area (Å²) in [5, 5.41) is 11.2. The summed E-state index contributed by atoms with van der Waals surface area (Å²) in [6, 6.07) is 14.1. The number of hydrogen-bond donors (Lipinski definition) is 1. The lowest BCUT2D eigenvalue weighted by molar-refractivity contribution is -0.140. The van der Waals surface area contributed by atoms with Gasteiger partial charge in [-0.25, -0.2) is 0 Å². The summed E-state index contributed by atoms with van der Waals surface area (Å²) < 4.78 is 10.6. The maximum Gasteiger partial charge on any atom is 0.295 e. The first-order chi connectivity index (χ1) is 16.7. The van der Waals surface area contributed by atoms with Gasteiger partial charge in [0.2, 0.25) is 0 Å². The minimum Gasteiger partial charge on any atom is -0.507 e. The average Bonchev–Trinajstić information content (AvgIpc) is 3.12. The number of nitrogens with zero attached hydrogens (tertiary/aromatic N) is 2. The van der Waals surface area contributed by atoms with Crippen molar-refractivity contribution in [2.75, 3.05) is 46.5 Å². The Hall–Kier alpha value is -3.16. The van der Waals surface area contributed by atoms with Gasteiger partial charge in [0.1, 0.15) is 11.5 Å². The van der Waals surface area contributed by atoms with Crippen molar-refractivity contribution in [3.05, 3.63) is 70.8 Å². The van der Waals surface area contributed by atoms with Gasteiger partial charge < -0.3 is 19.5 Å². The molecule has 7 nitrogen and oxygen atoms in total. The normalized spacial score (nSPS) is 20.9. The summed E-state index contributed by atoms with van der Waals surface area (Å²) in [4.78, 5) is 30.3. The van der Waals surface area contributed by atoms with Crippen molar-refractivity contribution >= 4 is 17.4 Å². The number of Topliss-reactive ketones (excluding diaryl/α,β-unsaturated/α-hetero) is 1. The van der Waals surface area contributed by atoms with Crippen LogP contribution >= 0.6 is 0 Å². The molecule has 35 heavy (non-hydrogen) atoms. The van der Waals surface area contributed by atoms with E-state index in [1.54, 1.807) is 36.3 Å². The van der Waals surface area contributed by atoms with Gasteiger partial charge >= 0.3 is 0 Å². The topological polar surface area (TPSA) is 79.3 Å². The van der Waals surface area contributed by atoms with Gasteiger partial charge in [-0.15, -0.1) is 0 Å². The molecule has 2 aliphatic heterocycles. The number of aliphatic hydroxyl groups excluding tert-OH is 1. The lowest BCUT2D eigenvalue weighted by atomic mass is 9.85. The highest BCUT2D eigenvalue weighted by Gasteiger charge is 2.46. The van der Waals surface area contributed by atoms with Crippen LogP contribution < -0.4 is 4.74 Å². The van der Waals surface area contributed by atoms with E-state index in [2.05, 4.69) is 25.7 Å². The van der Waals surface area contributed by atoms with E-state index in [1.165, 1.54) is 0 Å². The summed E-state index contributed by atoms with van der Waals surface area (Å²) in [5.41, 5.74) is 2.51. The molecule has 0 bridgehead atoms. The fourth-order valence-corrected chi connectivity index (χ4v) is 4.60. The molecule has 0 aliphatic carbocycles. The van der Waals surface area contributed by atoms with Gasteiger partial charge in [-0.3, -0.25) is 14.5 Å². The van der Waals surface area contributed by atoms with Gasteiger partial charge in [-0.2, -0.15) is 0 Å². The zero-order valence-electron chi connectivity index (χ0n) is 20.9. The van der Waals surface area contributed by atoms with Crippen LogP contribution in [-0.2, 0) is 19.7 Å². The Morgan fingerprint density at radius 2 is 1.63 bits per heavy atom. The second-order valence-electron chi connectivity index (χ2n) is 10.0. The number of amides is 1. The molecular formula is C28H34N2O5. The van der Waals surface area contributed by atoms with Crippen LogP contribution in [0.4, 0.5) is 0 Å². The molecule has 7 heteroatoms. The van der Waals surface area contributed by atoms with Crippen LogP contribution in [0, 0.1) is 0 Å². The Kier molecular flexibility index (Phi) is 7.28. The Morgan fingerprint density at radius 1 is 1.00 bits per heavy atom. The third-order valence-electron chi connectivity index (χ3n) is 6.76. The van der Waals surface area contributed by atoms with E-state index in [-0.39, 0.29) is 16.7 Å². The predicted octanol–water partition coefficient (Wildman–Crippen LogP) is 3.75. The van der Waals surface area contributed by atoms with Crippen LogP contribution in [0.5, 0.6) is 5.75 Å². The minimum absolute atomic E-state index is 0.0280. The standard InChI is InChI=1S/C28H34N2O5/c1-28(2,3)21-9-5-19(6-10-21)24-23(25(31)20-7-11-22(34-4)12-8-20)26(32)27(33)30(24)14-13-29-15-17-35-18-16-29/h5-12,24,31H,13-18H2,1-4H3/b25-23+/t24-/m1/s1. The molecule has 2 aromatic rings. The largest absolute Gasteiger partial charge is 0.507 e. The summed E-state index contributed by atoms with van der Waals surface area (Å²) in [5.74, 6) is -0.782. The van der Waals surface area contributed by atoms with Crippen LogP contribution in [0.25, 0.3) is 5.76 Å². The molecule has 0 spiro atoms. The van der Waals surface area contributed by atoms with Gasteiger partial charge in [0.05, 0.1) is 31.9 Å². The molecule has 1 N–H and O–H groups in total. The van der Waals surface area contributed by atoms with E-state index >= 15 is 0 Å². The number of carbonyl (C=O) groups excluding carboxylic acids is 2. The SMILES string of the molecule is COc1ccc(/C(O)=C2\C(=O)C(=O)N(CCN3CCOCC3)[C@@H]2c2ccc(C(C)(C)C)cc2)cc1. The number of benzene rings is 2. The van der Waals surface area contributed by atoms with Crippen molar-refractivity contribution in [3.8, 4) is 5.75 Å². The minimum atomic E-state index is -0.662. The number of ketones is 1. The summed E-state index contributed by atoms with van der Waals surface area (Å²) in [6.45, 7) is 10.3. The number of aliphatic hydroxyl groups is 1. The van der Waals surface area contributed by atoms with E-state index in [0.717, 1.165) is 24.2 Å². The van der Waals surface area contributed by atoms with Crippen LogP contribution in [0.3, 0.4) is 0 Å². The van der Waals surface area contributed by atoms with Crippen molar-refractivity contribution in [1.29, 1.82) is 0 Å². The summed E-state index contributed by atoms with van der Waals surface area (Å²) in [7, 11) is 1.57. The maximum absolute atomic E-state index is 13.2. The van der Waals surface area contributed by atoms with Gasteiger partial charge in [-0.1, -0.05) is 45.0 Å². The zero-order valence-corrected chi connectivity index (χ0v) is 20.9. The highest BCUT2D eigenvalue weighted by Crippen LogP contribution is 2.40. The summed E-state index contributed by atoms with van der Waals surface area (Å²) in [6.07, 6.45) is 0. The molecule has 2 aromatic carbocycles. The van der Waals surface area contributed by atoms with Crippen molar-refractivity contribution in [2.45, 2.75) is 32.2 Å². The first-order valence-corrected chi connectivity index (χ1v) is 12.0. The summed E-state index contributed by atoms with van der Waals surface area (Å²) >= 11 is 0. The van der Waals surface area contributed by atoms with Gasteiger partial charge in [0, 0.05) is 31.7 Å². The molecule has 1 amide bonds. The van der Waals surface area contributed by atoms with Gasteiger partial charge in [0.15, 0.2) is 0 Å². The van der Waals surface area contributed by atoms with Gasteiger partial charge in [-0.05, 0) is 40.8 Å². The number of ether oxygens (including phenoxy) is 2. The first-order valence-electron chi connectivity index (χ1n) is 12.0.